The van der Waals surface area contributed by atoms with E-state index in [2.05, 4.69) is 52.9 Å². The van der Waals surface area contributed by atoms with Crippen LogP contribution in [0.3, 0.4) is 0 Å². The number of hydrogen-bond acceptors (Lipinski definition) is 2. The van der Waals surface area contributed by atoms with E-state index in [0.29, 0.717) is 6.42 Å². The molecule has 3 nitrogen and oxygen atoms in total. The number of benzene rings is 1. The molecule has 0 fully saturated rings. The maximum Gasteiger partial charge on any atom is 0.0857 e. The molecule has 1 atom stereocenters. The monoisotopic (exact) mass is 450 g/mol. The Morgan fingerprint density at radius 2 is 2.00 bits per heavy atom. The van der Waals surface area contributed by atoms with Crippen molar-refractivity contribution in [1.82, 2.24) is 9.78 Å². The lowest BCUT2D eigenvalue weighted by atomic mass is 10.0. The van der Waals surface area contributed by atoms with Gasteiger partial charge in [-0.1, -0.05) is 31.9 Å². The van der Waals surface area contributed by atoms with Gasteiger partial charge in [-0.3, -0.25) is 4.68 Å². The molecule has 6 heteroatoms. The van der Waals surface area contributed by atoms with Crippen LogP contribution in [0.1, 0.15) is 23.1 Å². The van der Waals surface area contributed by atoms with E-state index < -0.39 is 6.10 Å². The first-order valence-corrected chi connectivity index (χ1v) is 8.09. The predicted octanol–water partition coefficient (Wildman–Crippen LogP) is 4.29. The lowest BCUT2D eigenvalue weighted by molar-refractivity contribution is 0.175. The molecule has 19 heavy (non-hydrogen) atoms. The number of aromatic nitrogens is 2. The van der Waals surface area contributed by atoms with Gasteiger partial charge in [-0.25, -0.2) is 0 Å². The van der Waals surface area contributed by atoms with Gasteiger partial charge in [-0.2, -0.15) is 5.10 Å². The SMILES string of the molecule is Cc1nn(C)c(CC(O)c2cc(Br)ccc2Br)c1Br. The molecule has 1 unspecified atom stereocenters. The lowest BCUT2D eigenvalue weighted by Gasteiger charge is -2.14. The summed E-state index contributed by atoms with van der Waals surface area (Å²) in [5, 5.41) is 14.8. The molecule has 1 aromatic heterocycles. The number of nitrogens with zero attached hydrogens (tertiary/aromatic N) is 2. The van der Waals surface area contributed by atoms with E-state index in [9.17, 15) is 5.11 Å². The van der Waals surface area contributed by atoms with Crippen molar-refractivity contribution in [3.8, 4) is 0 Å². The van der Waals surface area contributed by atoms with Gasteiger partial charge in [0.15, 0.2) is 0 Å². The second kappa shape index (κ2) is 6.08. The lowest BCUT2D eigenvalue weighted by Crippen LogP contribution is -2.07. The summed E-state index contributed by atoms with van der Waals surface area (Å²) < 4.78 is 4.61. The van der Waals surface area contributed by atoms with Gasteiger partial charge in [-0.05, 0) is 46.6 Å². The largest absolute Gasteiger partial charge is 0.388 e. The molecule has 0 amide bonds. The second-order valence-electron chi connectivity index (χ2n) is 4.36. The van der Waals surface area contributed by atoms with Crippen molar-refractivity contribution in [2.24, 2.45) is 7.05 Å². The fourth-order valence-electron chi connectivity index (χ4n) is 1.96. The van der Waals surface area contributed by atoms with Gasteiger partial charge in [0, 0.05) is 22.4 Å². The number of hydrogen-bond donors (Lipinski definition) is 1. The van der Waals surface area contributed by atoms with Crippen molar-refractivity contribution in [2.75, 3.05) is 0 Å². The zero-order valence-corrected chi connectivity index (χ0v) is 15.3. The minimum Gasteiger partial charge on any atom is -0.388 e. The van der Waals surface area contributed by atoms with Crippen LogP contribution in [0.15, 0.2) is 31.6 Å². The molecule has 0 aliphatic heterocycles. The van der Waals surface area contributed by atoms with E-state index in [1.165, 1.54) is 0 Å². The molecule has 1 N–H and O–H groups in total. The zero-order valence-electron chi connectivity index (χ0n) is 10.5. The molecular weight excluding hydrogens is 440 g/mol. The Labute approximate surface area is 137 Å². The summed E-state index contributed by atoms with van der Waals surface area (Å²) in [5.41, 5.74) is 2.77. The molecule has 1 aromatic carbocycles. The Hall–Kier alpha value is -0.170. The van der Waals surface area contributed by atoms with Crippen molar-refractivity contribution in [1.29, 1.82) is 0 Å². The topological polar surface area (TPSA) is 38.0 Å². The number of aliphatic hydroxyl groups is 1. The van der Waals surface area contributed by atoms with Crippen LogP contribution in [0, 0.1) is 6.92 Å². The zero-order chi connectivity index (χ0) is 14.2. The maximum atomic E-state index is 10.4. The van der Waals surface area contributed by atoms with Crippen LogP contribution in [0.5, 0.6) is 0 Å². The van der Waals surface area contributed by atoms with Gasteiger partial charge >= 0.3 is 0 Å². The Morgan fingerprint density at radius 1 is 1.32 bits per heavy atom. The van der Waals surface area contributed by atoms with Gasteiger partial charge in [0.25, 0.3) is 0 Å². The van der Waals surface area contributed by atoms with Gasteiger partial charge in [0.05, 0.1) is 22.0 Å². The second-order valence-corrected chi connectivity index (χ2v) is 6.92. The molecule has 102 valence electrons. The molecule has 2 rings (SSSR count). The standard InChI is InChI=1S/C13H13Br3N2O/c1-7-13(16)11(18(2)17-7)6-12(19)9-5-8(14)3-4-10(9)15/h3-5,12,19H,6H2,1-2H3. The van der Waals surface area contributed by atoms with E-state index in [0.717, 1.165) is 30.4 Å². The highest BCUT2D eigenvalue weighted by molar-refractivity contribution is 9.11. The third-order valence-electron chi connectivity index (χ3n) is 2.97. The molecule has 2 aromatic rings. The Kier molecular flexibility index (Phi) is 4.87. The Balaban J connectivity index is 2.30. The molecule has 0 radical (unpaired) electrons. The first-order valence-electron chi connectivity index (χ1n) is 5.71. The minimum absolute atomic E-state index is 0.507. The fraction of sp³-hybridized carbons (Fsp3) is 0.308. The molecule has 0 saturated heterocycles. The van der Waals surface area contributed by atoms with Crippen LogP contribution in [-0.4, -0.2) is 14.9 Å². The van der Waals surface area contributed by atoms with Gasteiger partial charge in [0.1, 0.15) is 0 Å². The van der Waals surface area contributed by atoms with E-state index in [1.807, 2.05) is 32.2 Å². The maximum absolute atomic E-state index is 10.4. The number of aryl methyl sites for hydroxylation is 2. The molecular formula is C13H13Br3N2O. The quantitative estimate of drug-likeness (QED) is 0.754. The molecule has 0 aliphatic carbocycles. The van der Waals surface area contributed by atoms with Gasteiger partial charge in [0.2, 0.25) is 0 Å². The summed E-state index contributed by atoms with van der Waals surface area (Å²) in [6, 6.07) is 5.78. The summed E-state index contributed by atoms with van der Waals surface area (Å²) in [6.45, 7) is 1.94. The average Bonchev–Trinajstić information content (AvgIpc) is 2.59. The Morgan fingerprint density at radius 3 is 2.58 bits per heavy atom. The van der Waals surface area contributed by atoms with Crippen LogP contribution < -0.4 is 0 Å². The van der Waals surface area contributed by atoms with E-state index in [-0.39, 0.29) is 0 Å². The average molecular weight is 453 g/mol. The van der Waals surface area contributed by atoms with Crippen molar-refractivity contribution < 1.29 is 5.11 Å². The third kappa shape index (κ3) is 3.29. The first-order chi connectivity index (χ1) is 8.90. The summed E-state index contributed by atoms with van der Waals surface area (Å²) in [7, 11) is 1.88. The highest BCUT2D eigenvalue weighted by Gasteiger charge is 2.18. The molecule has 0 aliphatic rings. The highest BCUT2D eigenvalue weighted by Crippen LogP contribution is 2.31. The van der Waals surface area contributed by atoms with E-state index in [1.54, 1.807) is 4.68 Å². The Bertz CT molecular complexity index is 610. The van der Waals surface area contributed by atoms with Crippen LogP contribution in [-0.2, 0) is 13.5 Å². The summed E-state index contributed by atoms with van der Waals surface area (Å²) in [6.07, 6.45) is -0.0783. The van der Waals surface area contributed by atoms with Crippen LogP contribution in [0.2, 0.25) is 0 Å². The number of rotatable bonds is 3. The third-order valence-corrected chi connectivity index (χ3v) is 5.21. The highest BCUT2D eigenvalue weighted by atomic mass is 79.9. The number of aliphatic hydroxyl groups excluding tert-OH is 1. The molecule has 0 bridgehead atoms. The van der Waals surface area contributed by atoms with Gasteiger partial charge < -0.3 is 5.11 Å². The van der Waals surface area contributed by atoms with Crippen molar-refractivity contribution >= 4 is 47.8 Å². The minimum atomic E-state index is -0.585. The van der Waals surface area contributed by atoms with Crippen molar-refractivity contribution in [3.63, 3.8) is 0 Å². The molecule has 1 heterocycles. The van der Waals surface area contributed by atoms with Crippen molar-refractivity contribution in [3.05, 3.63) is 48.6 Å². The van der Waals surface area contributed by atoms with Crippen LogP contribution in [0.4, 0.5) is 0 Å². The van der Waals surface area contributed by atoms with Crippen LogP contribution >= 0.6 is 47.8 Å². The smallest absolute Gasteiger partial charge is 0.0857 e. The fourth-order valence-corrected chi connectivity index (χ4v) is 3.35. The summed E-state index contributed by atoms with van der Waals surface area (Å²) in [5.74, 6) is 0. The summed E-state index contributed by atoms with van der Waals surface area (Å²) >= 11 is 10.4. The van der Waals surface area contributed by atoms with E-state index in [4.69, 9.17) is 0 Å². The number of halogens is 3. The predicted molar refractivity (Wildman–Crippen MR) is 86.2 cm³/mol. The molecule has 0 spiro atoms. The van der Waals surface area contributed by atoms with Crippen molar-refractivity contribution in [2.45, 2.75) is 19.4 Å². The van der Waals surface area contributed by atoms with Crippen LogP contribution in [0.25, 0.3) is 0 Å². The first kappa shape index (κ1) is 15.2. The summed E-state index contributed by atoms with van der Waals surface area (Å²) in [4.78, 5) is 0. The normalized spacial score (nSPS) is 12.7. The van der Waals surface area contributed by atoms with Gasteiger partial charge in [-0.15, -0.1) is 0 Å². The van der Waals surface area contributed by atoms with E-state index >= 15 is 0 Å². The molecule has 0 saturated carbocycles.